The largest absolute Gasteiger partial charge is 0.476 e. The molecule has 1 heterocycles. The number of hydrogen-bond acceptors (Lipinski definition) is 3. The molecule has 3 nitrogen and oxygen atoms in total. The molecule has 1 rings (SSSR count). The van der Waals surface area contributed by atoms with Crippen LogP contribution in [0, 0.1) is 0 Å². The van der Waals surface area contributed by atoms with E-state index in [0.29, 0.717) is 6.61 Å². The Morgan fingerprint density at radius 2 is 2.38 bits per heavy atom. The van der Waals surface area contributed by atoms with Gasteiger partial charge in [-0.15, -0.1) is 0 Å². The molecular weight excluding hydrogens is 202 g/mol. The van der Waals surface area contributed by atoms with Crippen LogP contribution in [0.3, 0.4) is 0 Å². The second-order valence-corrected chi connectivity index (χ2v) is 3.90. The third-order valence-electron chi connectivity index (χ3n) is 1.72. The molecule has 0 aliphatic carbocycles. The number of carboxylic acids is 1. The van der Waals surface area contributed by atoms with Crippen LogP contribution in [0.4, 0.5) is 8.78 Å². The Balaban J connectivity index is 2.28. The SMILES string of the molecule is O=C(O)C(F)(F)SCC1CCCO1. The average molecular weight is 212 g/mol. The smallest absolute Gasteiger partial charge is 0.388 e. The van der Waals surface area contributed by atoms with Gasteiger partial charge in [-0.05, 0) is 12.8 Å². The van der Waals surface area contributed by atoms with Crippen molar-refractivity contribution in [2.75, 3.05) is 12.4 Å². The molecule has 0 saturated carbocycles. The lowest BCUT2D eigenvalue weighted by Gasteiger charge is -2.13. The van der Waals surface area contributed by atoms with Crippen LogP contribution in [0.25, 0.3) is 0 Å². The summed E-state index contributed by atoms with van der Waals surface area (Å²) in [5.74, 6) is -2.05. The van der Waals surface area contributed by atoms with Crippen LogP contribution in [0.5, 0.6) is 0 Å². The van der Waals surface area contributed by atoms with Crippen LogP contribution in [0.15, 0.2) is 0 Å². The summed E-state index contributed by atoms with van der Waals surface area (Å²) in [4.78, 5) is 10.0. The van der Waals surface area contributed by atoms with Gasteiger partial charge in [-0.25, -0.2) is 4.79 Å². The highest BCUT2D eigenvalue weighted by atomic mass is 32.2. The number of rotatable bonds is 4. The summed E-state index contributed by atoms with van der Waals surface area (Å²) in [5.41, 5.74) is 0. The first-order chi connectivity index (χ1) is 6.02. The van der Waals surface area contributed by atoms with E-state index in [0.717, 1.165) is 12.8 Å². The minimum absolute atomic E-state index is 0.0410. The molecular formula is C7H10F2O3S. The van der Waals surface area contributed by atoms with Crippen molar-refractivity contribution in [1.29, 1.82) is 0 Å². The van der Waals surface area contributed by atoms with Gasteiger partial charge in [-0.3, -0.25) is 0 Å². The first-order valence-corrected chi connectivity index (χ1v) is 4.87. The zero-order valence-electron chi connectivity index (χ0n) is 6.83. The fraction of sp³-hybridized carbons (Fsp3) is 0.857. The van der Waals surface area contributed by atoms with E-state index < -0.39 is 11.2 Å². The van der Waals surface area contributed by atoms with Gasteiger partial charge >= 0.3 is 11.2 Å². The van der Waals surface area contributed by atoms with Crippen molar-refractivity contribution >= 4 is 17.7 Å². The molecule has 1 saturated heterocycles. The lowest BCUT2D eigenvalue weighted by molar-refractivity contribution is -0.152. The molecule has 0 amide bonds. The first kappa shape index (κ1) is 10.7. The van der Waals surface area contributed by atoms with Crippen molar-refractivity contribution in [2.24, 2.45) is 0 Å². The molecule has 0 aromatic carbocycles. The predicted octanol–water partition coefficient (Wildman–Crippen LogP) is 1.58. The third-order valence-corrected chi connectivity index (χ3v) is 2.80. The first-order valence-electron chi connectivity index (χ1n) is 3.89. The van der Waals surface area contributed by atoms with Gasteiger partial charge < -0.3 is 9.84 Å². The zero-order chi connectivity index (χ0) is 9.90. The fourth-order valence-electron chi connectivity index (χ4n) is 1.04. The number of carboxylic acid groups (broad SMARTS) is 1. The van der Waals surface area contributed by atoms with Crippen molar-refractivity contribution in [3.05, 3.63) is 0 Å². The highest BCUT2D eigenvalue weighted by Crippen LogP contribution is 2.31. The Hall–Kier alpha value is -0.360. The summed E-state index contributed by atoms with van der Waals surface area (Å²) in [7, 11) is 0. The number of hydrogen-bond donors (Lipinski definition) is 1. The Morgan fingerprint density at radius 1 is 1.69 bits per heavy atom. The van der Waals surface area contributed by atoms with Gasteiger partial charge in [0.2, 0.25) is 0 Å². The van der Waals surface area contributed by atoms with Crippen molar-refractivity contribution in [2.45, 2.75) is 24.2 Å². The molecule has 0 bridgehead atoms. The van der Waals surface area contributed by atoms with E-state index >= 15 is 0 Å². The van der Waals surface area contributed by atoms with E-state index in [4.69, 9.17) is 9.84 Å². The summed E-state index contributed by atoms with van der Waals surface area (Å²) in [6.07, 6.45) is 1.39. The van der Waals surface area contributed by atoms with Gasteiger partial charge in [0.15, 0.2) is 0 Å². The van der Waals surface area contributed by atoms with E-state index in [-0.39, 0.29) is 23.6 Å². The monoisotopic (exact) mass is 212 g/mol. The second kappa shape index (κ2) is 4.23. The van der Waals surface area contributed by atoms with Gasteiger partial charge in [0.1, 0.15) is 0 Å². The maximum atomic E-state index is 12.5. The normalized spacial score (nSPS) is 23.4. The highest BCUT2D eigenvalue weighted by molar-refractivity contribution is 8.01. The Morgan fingerprint density at radius 3 is 2.85 bits per heavy atom. The molecule has 6 heteroatoms. The topological polar surface area (TPSA) is 46.5 Å². The maximum Gasteiger partial charge on any atom is 0.388 e. The van der Waals surface area contributed by atoms with E-state index in [1.165, 1.54) is 0 Å². The van der Waals surface area contributed by atoms with Crippen LogP contribution >= 0.6 is 11.8 Å². The Bertz CT molecular complexity index is 192. The number of thioether (sulfide) groups is 1. The number of alkyl halides is 2. The third kappa shape index (κ3) is 3.11. The van der Waals surface area contributed by atoms with Crippen LogP contribution in [-0.2, 0) is 9.53 Å². The van der Waals surface area contributed by atoms with Gasteiger partial charge in [0.25, 0.3) is 0 Å². The molecule has 0 radical (unpaired) electrons. The Labute approximate surface area is 78.4 Å². The molecule has 0 spiro atoms. The van der Waals surface area contributed by atoms with E-state index in [1.807, 2.05) is 0 Å². The summed E-state index contributed by atoms with van der Waals surface area (Å²) < 4.78 is 30.1. The van der Waals surface area contributed by atoms with Crippen LogP contribution in [0.1, 0.15) is 12.8 Å². The lowest BCUT2D eigenvalue weighted by atomic mass is 10.3. The van der Waals surface area contributed by atoms with Crippen LogP contribution in [0.2, 0.25) is 0 Å². The molecule has 1 aliphatic rings. The van der Waals surface area contributed by atoms with E-state index in [9.17, 15) is 13.6 Å². The molecule has 0 aromatic rings. The Kier molecular flexibility index (Phi) is 3.49. The number of aliphatic carboxylic acids is 1. The van der Waals surface area contributed by atoms with Gasteiger partial charge in [0, 0.05) is 12.4 Å². The molecule has 76 valence electrons. The summed E-state index contributed by atoms with van der Waals surface area (Å²) >= 11 is 0.126. The number of ether oxygens (including phenoxy) is 1. The van der Waals surface area contributed by atoms with Crippen molar-refractivity contribution in [1.82, 2.24) is 0 Å². The maximum absolute atomic E-state index is 12.5. The van der Waals surface area contributed by atoms with Gasteiger partial charge in [-0.2, -0.15) is 8.78 Å². The molecule has 1 atom stereocenters. The molecule has 1 fully saturated rings. The zero-order valence-corrected chi connectivity index (χ0v) is 7.65. The number of carbonyl (C=O) groups is 1. The highest BCUT2D eigenvalue weighted by Gasteiger charge is 2.40. The van der Waals surface area contributed by atoms with E-state index in [1.54, 1.807) is 0 Å². The molecule has 1 N–H and O–H groups in total. The molecule has 1 unspecified atom stereocenters. The average Bonchev–Trinajstić information content (AvgIpc) is 2.52. The second-order valence-electron chi connectivity index (χ2n) is 2.77. The van der Waals surface area contributed by atoms with E-state index in [2.05, 4.69) is 0 Å². The fourth-order valence-corrected chi connectivity index (χ4v) is 1.82. The van der Waals surface area contributed by atoms with Crippen molar-refractivity contribution in [3.63, 3.8) is 0 Å². The predicted molar refractivity (Wildman–Crippen MR) is 44.0 cm³/mol. The summed E-state index contributed by atoms with van der Waals surface area (Å²) in [6.45, 7) is 0.587. The quantitative estimate of drug-likeness (QED) is 0.768. The molecule has 1 aliphatic heterocycles. The van der Waals surface area contributed by atoms with Gasteiger partial charge in [0.05, 0.1) is 6.10 Å². The lowest BCUT2D eigenvalue weighted by Crippen LogP contribution is -2.26. The summed E-state index contributed by atoms with van der Waals surface area (Å²) in [6, 6.07) is 0. The van der Waals surface area contributed by atoms with Gasteiger partial charge in [-0.1, -0.05) is 11.8 Å². The minimum atomic E-state index is -3.69. The van der Waals surface area contributed by atoms with Crippen LogP contribution in [-0.4, -0.2) is 34.8 Å². The number of halogens is 2. The van der Waals surface area contributed by atoms with Crippen molar-refractivity contribution in [3.8, 4) is 0 Å². The molecule has 13 heavy (non-hydrogen) atoms. The van der Waals surface area contributed by atoms with Crippen molar-refractivity contribution < 1.29 is 23.4 Å². The molecule has 0 aromatic heterocycles. The van der Waals surface area contributed by atoms with Crippen LogP contribution < -0.4 is 0 Å². The minimum Gasteiger partial charge on any atom is -0.476 e. The summed E-state index contributed by atoms with van der Waals surface area (Å²) in [5, 5.41) is 4.41. The standard InChI is InChI=1S/C7H10F2O3S/c8-7(9,6(10)11)13-4-5-2-1-3-12-5/h5H,1-4H2,(H,10,11).